The molecule has 1 N–H and O–H groups in total. The SMILES string of the molecule is CN1C2CCCC1CC(O)(c1cc(C(F)(F)F)ccc1C#N)C2. The molecule has 1 aromatic carbocycles. The van der Waals surface area contributed by atoms with Crippen LogP contribution in [0.5, 0.6) is 0 Å². The smallest absolute Gasteiger partial charge is 0.385 e. The summed E-state index contributed by atoms with van der Waals surface area (Å²) in [6.45, 7) is 0. The Morgan fingerprint density at radius 1 is 1.26 bits per heavy atom. The number of halogens is 3. The summed E-state index contributed by atoms with van der Waals surface area (Å²) in [4.78, 5) is 2.22. The van der Waals surface area contributed by atoms with E-state index in [1.807, 2.05) is 13.1 Å². The molecule has 2 heterocycles. The summed E-state index contributed by atoms with van der Waals surface area (Å²) in [6.07, 6.45) is -0.817. The van der Waals surface area contributed by atoms with Crippen molar-refractivity contribution >= 4 is 0 Å². The average molecular weight is 324 g/mol. The lowest BCUT2D eigenvalue weighted by molar-refractivity contribution is -0.138. The van der Waals surface area contributed by atoms with Crippen LogP contribution in [0.25, 0.3) is 0 Å². The molecule has 124 valence electrons. The van der Waals surface area contributed by atoms with E-state index >= 15 is 0 Å². The molecule has 0 spiro atoms. The van der Waals surface area contributed by atoms with Crippen LogP contribution in [0.1, 0.15) is 48.8 Å². The molecule has 0 aliphatic carbocycles. The van der Waals surface area contributed by atoms with Gasteiger partial charge < -0.3 is 10.0 Å². The van der Waals surface area contributed by atoms with Gasteiger partial charge in [0.25, 0.3) is 0 Å². The Balaban J connectivity index is 2.04. The van der Waals surface area contributed by atoms with Crippen LogP contribution in [-0.4, -0.2) is 29.1 Å². The zero-order valence-electron chi connectivity index (χ0n) is 12.9. The summed E-state index contributed by atoms with van der Waals surface area (Å²) in [5.74, 6) is 0. The van der Waals surface area contributed by atoms with Crippen molar-refractivity contribution in [3.8, 4) is 6.07 Å². The highest BCUT2D eigenvalue weighted by Gasteiger charge is 2.46. The van der Waals surface area contributed by atoms with E-state index in [2.05, 4.69) is 4.90 Å². The Bertz CT molecular complexity index is 636. The fraction of sp³-hybridized carbons (Fsp3) is 0.588. The van der Waals surface area contributed by atoms with Gasteiger partial charge in [-0.1, -0.05) is 6.42 Å². The van der Waals surface area contributed by atoms with Crippen molar-refractivity contribution < 1.29 is 18.3 Å². The van der Waals surface area contributed by atoms with E-state index in [1.165, 1.54) is 6.07 Å². The molecular weight excluding hydrogens is 305 g/mol. The van der Waals surface area contributed by atoms with Gasteiger partial charge in [0.05, 0.1) is 22.8 Å². The molecule has 2 atom stereocenters. The molecular formula is C17H19F3N2O. The lowest BCUT2D eigenvalue weighted by Gasteiger charge is -2.51. The van der Waals surface area contributed by atoms with Gasteiger partial charge in [-0.2, -0.15) is 18.4 Å². The van der Waals surface area contributed by atoms with E-state index < -0.39 is 17.3 Å². The first-order valence-corrected chi connectivity index (χ1v) is 7.81. The highest BCUT2D eigenvalue weighted by atomic mass is 19.4. The van der Waals surface area contributed by atoms with Gasteiger partial charge in [-0.3, -0.25) is 0 Å². The van der Waals surface area contributed by atoms with Crippen LogP contribution in [0.2, 0.25) is 0 Å². The van der Waals surface area contributed by atoms with Crippen LogP contribution in [0.3, 0.4) is 0 Å². The van der Waals surface area contributed by atoms with Crippen LogP contribution in [0.15, 0.2) is 18.2 Å². The monoisotopic (exact) mass is 324 g/mol. The van der Waals surface area contributed by atoms with Gasteiger partial charge in [0.1, 0.15) is 0 Å². The summed E-state index contributed by atoms with van der Waals surface area (Å²) in [5, 5.41) is 20.4. The van der Waals surface area contributed by atoms with E-state index in [-0.39, 0.29) is 23.2 Å². The van der Waals surface area contributed by atoms with Crippen LogP contribution in [0, 0.1) is 11.3 Å². The molecule has 2 saturated heterocycles. The molecule has 2 fully saturated rings. The number of nitriles is 1. The molecule has 1 aromatic rings. The fourth-order valence-corrected chi connectivity index (χ4v) is 4.07. The lowest BCUT2D eigenvalue weighted by Crippen LogP contribution is -2.55. The number of aliphatic hydroxyl groups is 1. The first-order chi connectivity index (χ1) is 10.7. The third-order valence-corrected chi connectivity index (χ3v) is 5.34. The van der Waals surface area contributed by atoms with Crippen molar-refractivity contribution in [2.45, 2.75) is 56.0 Å². The Morgan fingerprint density at radius 3 is 2.39 bits per heavy atom. The molecule has 23 heavy (non-hydrogen) atoms. The maximum Gasteiger partial charge on any atom is 0.416 e. The van der Waals surface area contributed by atoms with Crippen LogP contribution < -0.4 is 0 Å². The maximum atomic E-state index is 13.0. The van der Waals surface area contributed by atoms with Crippen molar-refractivity contribution in [1.29, 1.82) is 5.26 Å². The number of alkyl halides is 3. The van der Waals surface area contributed by atoms with E-state index in [9.17, 15) is 23.5 Å². The Hall–Kier alpha value is -1.58. The van der Waals surface area contributed by atoms with Gasteiger partial charge in [-0.25, -0.2) is 0 Å². The van der Waals surface area contributed by atoms with E-state index in [0.717, 1.165) is 31.4 Å². The van der Waals surface area contributed by atoms with Gasteiger partial charge in [0.15, 0.2) is 0 Å². The predicted molar refractivity (Wildman–Crippen MR) is 78.5 cm³/mol. The molecule has 2 aliphatic rings. The molecule has 0 aromatic heterocycles. The molecule has 2 unspecified atom stereocenters. The van der Waals surface area contributed by atoms with E-state index in [0.29, 0.717) is 12.8 Å². The molecule has 2 aliphatic heterocycles. The number of rotatable bonds is 1. The highest BCUT2D eigenvalue weighted by molar-refractivity contribution is 5.45. The van der Waals surface area contributed by atoms with Crippen molar-refractivity contribution in [2.24, 2.45) is 0 Å². The second kappa shape index (κ2) is 5.50. The Morgan fingerprint density at radius 2 is 1.87 bits per heavy atom. The molecule has 3 rings (SSSR count). The number of hydrogen-bond acceptors (Lipinski definition) is 3. The minimum absolute atomic E-state index is 0.125. The molecule has 3 nitrogen and oxygen atoms in total. The minimum Gasteiger partial charge on any atom is -0.385 e. The minimum atomic E-state index is -4.49. The Kier molecular flexibility index (Phi) is 3.89. The van der Waals surface area contributed by atoms with Crippen molar-refractivity contribution in [1.82, 2.24) is 4.90 Å². The summed E-state index contributed by atoms with van der Waals surface area (Å²) in [6, 6.07) is 5.26. The van der Waals surface area contributed by atoms with Crippen LogP contribution >= 0.6 is 0 Å². The maximum absolute atomic E-state index is 13.0. The van der Waals surface area contributed by atoms with Gasteiger partial charge in [0.2, 0.25) is 0 Å². The average Bonchev–Trinajstić information content (AvgIpc) is 2.47. The van der Waals surface area contributed by atoms with E-state index in [1.54, 1.807) is 0 Å². The predicted octanol–water partition coefficient (Wildman–Crippen LogP) is 3.41. The molecule has 6 heteroatoms. The molecule has 0 amide bonds. The van der Waals surface area contributed by atoms with Crippen LogP contribution in [-0.2, 0) is 11.8 Å². The third-order valence-electron chi connectivity index (χ3n) is 5.34. The molecule has 2 bridgehead atoms. The molecule has 0 radical (unpaired) electrons. The number of hydrogen-bond donors (Lipinski definition) is 1. The highest BCUT2D eigenvalue weighted by Crippen LogP contribution is 2.45. The molecule has 0 saturated carbocycles. The normalized spacial score (nSPS) is 31.7. The quantitative estimate of drug-likeness (QED) is 0.861. The van der Waals surface area contributed by atoms with Gasteiger partial charge >= 0.3 is 6.18 Å². The van der Waals surface area contributed by atoms with E-state index in [4.69, 9.17) is 0 Å². The lowest BCUT2D eigenvalue weighted by atomic mass is 9.71. The first kappa shape index (κ1) is 16.3. The number of fused-ring (bicyclic) bond motifs is 2. The first-order valence-electron chi connectivity index (χ1n) is 7.81. The van der Waals surface area contributed by atoms with Crippen molar-refractivity contribution in [2.75, 3.05) is 7.05 Å². The Labute approximate surface area is 133 Å². The second-order valence-electron chi connectivity index (χ2n) is 6.71. The standard InChI is InChI=1S/C17H19F3N2O/c1-22-13-3-2-4-14(22)9-16(23,8-13)15-7-12(17(18,19)20)6-5-11(15)10-21/h5-7,13-14,23H,2-4,8-9H2,1H3. The van der Waals surface area contributed by atoms with Crippen molar-refractivity contribution in [3.05, 3.63) is 34.9 Å². The second-order valence-corrected chi connectivity index (χ2v) is 6.71. The fourth-order valence-electron chi connectivity index (χ4n) is 4.07. The van der Waals surface area contributed by atoms with Gasteiger partial charge in [-0.15, -0.1) is 0 Å². The number of benzene rings is 1. The summed E-state index contributed by atoms with van der Waals surface area (Å²) >= 11 is 0. The largest absolute Gasteiger partial charge is 0.416 e. The summed E-state index contributed by atoms with van der Waals surface area (Å²) < 4.78 is 39.0. The summed E-state index contributed by atoms with van der Waals surface area (Å²) in [7, 11) is 2.01. The van der Waals surface area contributed by atoms with Gasteiger partial charge in [-0.05, 0) is 50.9 Å². The topological polar surface area (TPSA) is 47.3 Å². The summed E-state index contributed by atoms with van der Waals surface area (Å²) in [5.41, 5.74) is -1.93. The van der Waals surface area contributed by atoms with Crippen LogP contribution in [0.4, 0.5) is 13.2 Å². The zero-order chi connectivity index (χ0) is 16.8. The van der Waals surface area contributed by atoms with Gasteiger partial charge in [0, 0.05) is 17.6 Å². The number of nitrogens with zero attached hydrogens (tertiary/aromatic N) is 2. The zero-order valence-corrected chi connectivity index (χ0v) is 12.9. The van der Waals surface area contributed by atoms with Crippen molar-refractivity contribution in [3.63, 3.8) is 0 Å². The number of piperidine rings is 2. The third kappa shape index (κ3) is 2.84.